The van der Waals surface area contributed by atoms with E-state index in [0.717, 1.165) is 39.7 Å². The molecule has 5 nitrogen and oxygen atoms in total. The van der Waals surface area contributed by atoms with Crippen molar-refractivity contribution < 1.29 is 4.79 Å². The monoisotopic (exact) mass is 352 g/mol. The van der Waals surface area contributed by atoms with Gasteiger partial charge in [0.15, 0.2) is 5.13 Å². The molecule has 2 heterocycles. The second kappa shape index (κ2) is 6.82. The molecular formula is C19H20N4OS. The number of carbonyl (C=O) groups is 1. The molecule has 25 heavy (non-hydrogen) atoms. The third kappa shape index (κ3) is 3.36. The van der Waals surface area contributed by atoms with Crippen LogP contribution in [-0.2, 0) is 4.79 Å². The Bertz CT molecular complexity index is 887. The van der Waals surface area contributed by atoms with Gasteiger partial charge in [0, 0.05) is 18.8 Å². The van der Waals surface area contributed by atoms with E-state index in [2.05, 4.69) is 10.2 Å². The summed E-state index contributed by atoms with van der Waals surface area (Å²) in [5.41, 5.74) is 8.58. The lowest BCUT2D eigenvalue weighted by atomic mass is 10.1. The number of hydrogen-bond acceptors (Lipinski definition) is 5. The van der Waals surface area contributed by atoms with Gasteiger partial charge in [-0.15, -0.1) is 0 Å². The van der Waals surface area contributed by atoms with Gasteiger partial charge in [-0.1, -0.05) is 41.7 Å². The first kappa shape index (κ1) is 16.1. The highest BCUT2D eigenvalue weighted by Crippen LogP contribution is 2.32. The Labute approximate surface area is 150 Å². The standard InChI is InChI=1S/C19H20N4OS/c20-17(13-6-2-1-3-7-13)18(24)21-14-8-9-15-16(12-14)25-19(22-15)23-10-4-5-11-23/h1-3,6-9,12,17H,4-5,10-11,20H2,(H,21,24). The van der Waals surface area contributed by atoms with Gasteiger partial charge in [0.1, 0.15) is 6.04 Å². The summed E-state index contributed by atoms with van der Waals surface area (Å²) in [7, 11) is 0. The summed E-state index contributed by atoms with van der Waals surface area (Å²) >= 11 is 1.67. The molecule has 6 heteroatoms. The molecule has 1 aromatic heterocycles. The zero-order chi connectivity index (χ0) is 17.2. The first-order valence-electron chi connectivity index (χ1n) is 8.48. The number of thiazole rings is 1. The van der Waals surface area contributed by atoms with Crippen LogP contribution in [0, 0.1) is 0 Å². The summed E-state index contributed by atoms with van der Waals surface area (Å²) in [6.07, 6.45) is 2.46. The molecule has 0 spiro atoms. The molecule has 0 bridgehead atoms. The van der Waals surface area contributed by atoms with Crippen molar-refractivity contribution in [1.29, 1.82) is 0 Å². The summed E-state index contributed by atoms with van der Waals surface area (Å²) in [6, 6.07) is 14.5. The second-order valence-corrected chi connectivity index (χ2v) is 7.26. The van der Waals surface area contributed by atoms with E-state index >= 15 is 0 Å². The van der Waals surface area contributed by atoms with E-state index in [1.807, 2.05) is 48.5 Å². The SMILES string of the molecule is NC(C(=O)Nc1ccc2nc(N3CCCC3)sc2c1)c1ccccc1. The number of anilines is 2. The van der Waals surface area contributed by atoms with Crippen molar-refractivity contribution >= 4 is 38.3 Å². The van der Waals surface area contributed by atoms with Crippen LogP contribution in [0.25, 0.3) is 10.2 Å². The smallest absolute Gasteiger partial charge is 0.245 e. The van der Waals surface area contributed by atoms with Crippen LogP contribution in [0.2, 0.25) is 0 Å². The van der Waals surface area contributed by atoms with Crippen molar-refractivity contribution in [2.75, 3.05) is 23.3 Å². The molecule has 1 atom stereocenters. The highest BCUT2D eigenvalue weighted by atomic mass is 32.1. The maximum atomic E-state index is 12.4. The molecule has 4 rings (SSSR count). The van der Waals surface area contributed by atoms with Gasteiger partial charge >= 0.3 is 0 Å². The number of hydrogen-bond donors (Lipinski definition) is 2. The quantitative estimate of drug-likeness (QED) is 0.753. The molecule has 0 radical (unpaired) electrons. The van der Waals surface area contributed by atoms with E-state index in [-0.39, 0.29) is 5.91 Å². The summed E-state index contributed by atoms with van der Waals surface area (Å²) < 4.78 is 1.08. The highest BCUT2D eigenvalue weighted by molar-refractivity contribution is 7.22. The molecule has 128 valence electrons. The summed E-state index contributed by atoms with van der Waals surface area (Å²) in [5, 5.41) is 3.98. The third-order valence-corrected chi connectivity index (χ3v) is 5.54. The zero-order valence-corrected chi connectivity index (χ0v) is 14.6. The van der Waals surface area contributed by atoms with Gasteiger partial charge in [-0.25, -0.2) is 4.98 Å². The minimum Gasteiger partial charge on any atom is -0.348 e. The summed E-state index contributed by atoms with van der Waals surface area (Å²) in [5.74, 6) is -0.213. The topological polar surface area (TPSA) is 71.2 Å². The number of rotatable bonds is 4. The minimum atomic E-state index is -0.682. The lowest BCUT2D eigenvalue weighted by Crippen LogP contribution is -2.27. The summed E-state index contributed by atoms with van der Waals surface area (Å²) in [4.78, 5) is 19.4. The number of nitrogens with one attached hydrogen (secondary N) is 1. The predicted octanol–water partition coefficient (Wildman–Crippen LogP) is 3.54. The van der Waals surface area contributed by atoms with E-state index in [0.29, 0.717) is 0 Å². The van der Waals surface area contributed by atoms with Gasteiger partial charge in [0.2, 0.25) is 5.91 Å². The Hall–Kier alpha value is -2.44. The minimum absolute atomic E-state index is 0.213. The molecule has 1 aliphatic rings. The zero-order valence-electron chi connectivity index (χ0n) is 13.8. The Morgan fingerprint density at radius 3 is 2.68 bits per heavy atom. The molecule has 1 amide bonds. The Morgan fingerprint density at radius 2 is 1.92 bits per heavy atom. The van der Waals surface area contributed by atoms with Gasteiger partial charge in [0.05, 0.1) is 10.2 Å². The van der Waals surface area contributed by atoms with Crippen LogP contribution >= 0.6 is 11.3 Å². The number of fused-ring (bicyclic) bond motifs is 1. The van der Waals surface area contributed by atoms with Gasteiger partial charge in [0.25, 0.3) is 0 Å². The number of carbonyl (C=O) groups excluding carboxylic acids is 1. The van der Waals surface area contributed by atoms with Crippen molar-refractivity contribution in [3.05, 3.63) is 54.1 Å². The maximum absolute atomic E-state index is 12.4. The largest absolute Gasteiger partial charge is 0.348 e. The fourth-order valence-electron chi connectivity index (χ4n) is 3.07. The lowest BCUT2D eigenvalue weighted by Gasteiger charge is -2.12. The van der Waals surface area contributed by atoms with Crippen LogP contribution in [-0.4, -0.2) is 24.0 Å². The number of benzene rings is 2. The second-order valence-electron chi connectivity index (χ2n) is 6.25. The molecule has 1 saturated heterocycles. The van der Waals surface area contributed by atoms with Gasteiger partial charge in [-0.05, 0) is 36.6 Å². The lowest BCUT2D eigenvalue weighted by molar-refractivity contribution is -0.117. The van der Waals surface area contributed by atoms with Crippen molar-refractivity contribution in [2.24, 2.45) is 5.73 Å². The van der Waals surface area contributed by atoms with E-state index in [1.54, 1.807) is 11.3 Å². The summed E-state index contributed by atoms with van der Waals surface area (Å²) in [6.45, 7) is 2.16. The Balaban J connectivity index is 1.52. The van der Waals surface area contributed by atoms with E-state index in [4.69, 9.17) is 10.7 Å². The van der Waals surface area contributed by atoms with Crippen molar-refractivity contribution in [2.45, 2.75) is 18.9 Å². The maximum Gasteiger partial charge on any atom is 0.245 e. The van der Waals surface area contributed by atoms with Crippen molar-refractivity contribution in [3.8, 4) is 0 Å². The van der Waals surface area contributed by atoms with Crippen molar-refractivity contribution in [1.82, 2.24) is 4.98 Å². The molecule has 0 saturated carbocycles. The fraction of sp³-hybridized carbons (Fsp3) is 0.263. The fourth-order valence-corrected chi connectivity index (χ4v) is 4.12. The van der Waals surface area contributed by atoms with Gasteiger partial charge in [-0.3, -0.25) is 4.79 Å². The first-order valence-corrected chi connectivity index (χ1v) is 9.29. The normalized spacial score (nSPS) is 15.5. The van der Waals surface area contributed by atoms with E-state index < -0.39 is 6.04 Å². The third-order valence-electron chi connectivity index (χ3n) is 4.46. The Kier molecular flexibility index (Phi) is 4.38. The van der Waals surface area contributed by atoms with Gasteiger partial charge < -0.3 is 16.0 Å². The van der Waals surface area contributed by atoms with Crippen LogP contribution in [0.5, 0.6) is 0 Å². The van der Waals surface area contributed by atoms with E-state index in [9.17, 15) is 4.79 Å². The number of nitrogens with two attached hydrogens (primary N) is 1. The molecule has 3 N–H and O–H groups in total. The van der Waals surface area contributed by atoms with Gasteiger partial charge in [-0.2, -0.15) is 0 Å². The van der Waals surface area contributed by atoms with E-state index in [1.165, 1.54) is 12.8 Å². The van der Waals surface area contributed by atoms with Crippen LogP contribution in [0.4, 0.5) is 10.8 Å². The molecule has 1 fully saturated rings. The predicted molar refractivity (Wildman–Crippen MR) is 103 cm³/mol. The first-order chi connectivity index (χ1) is 12.2. The molecule has 3 aromatic rings. The molecule has 0 aliphatic carbocycles. The molecule has 1 aliphatic heterocycles. The van der Waals surface area contributed by atoms with Crippen LogP contribution < -0.4 is 16.0 Å². The Morgan fingerprint density at radius 1 is 1.16 bits per heavy atom. The van der Waals surface area contributed by atoms with Crippen LogP contribution in [0.3, 0.4) is 0 Å². The molecular weight excluding hydrogens is 332 g/mol. The van der Waals surface area contributed by atoms with Crippen molar-refractivity contribution in [3.63, 3.8) is 0 Å². The average molecular weight is 352 g/mol. The van der Waals surface area contributed by atoms with Crippen LogP contribution in [0.1, 0.15) is 24.4 Å². The average Bonchev–Trinajstić information content (AvgIpc) is 3.30. The molecule has 1 unspecified atom stereocenters. The molecule has 2 aromatic carbocycles. The number of aromatic nitrogens is 1. The highest BCUT2D eigenvalue weighted by Gasteiger charge is 2.18. The number of amides is 1. The number of nitrogens with zero attached hydrogens (tertiary/aromatic N) is 2. The van der Waals surface area contributed by atoms with Crippen LogP contribution in [0.15, 0.2) is 48.5 Å².